The quantitative estimate of drug-likeness (QED) is 0.650. The van der Waals surface area contributed by atoms with E-state index < -0.39 is 0 Å². The second-order valence-electron chi connectivity index (χ2n) is 6.95. The molecule has 1 aliphatic rings. The minimum absolute atomic E-state index is 0.0193. The molecule has 154 valence electrons. The van der Waals surface area contributed by atoms with E-state index in [1.165, 1.54) is 11.3 Å². The Morgan fingerprint density at radius 3 is 2.34 bits per heavy atom. The topological polar surface area (TPSA) is 69.7 Å². The number of carbonyl (C=O) groups is 3. The summed E-state index contributed by atoms with van der Waals surface area (Å²) in [6.45, 7) is 3.29. The first-order chi connectivity index (χ1) is 14.0. The number of hydrogen-bond donors (Lipinski definition) is 1. The van der Waals surface area contributed by atoms with Crippen LogP contribution in [0.1, 0.15) is 28.1 Å². The van der Waals surface area contributed by atoms with Gasteiger partial charge < -0.3 is 10.2 Å². The van der Waals surface area contributed by atoms with Crippen LogP contribution in [0.2, 0.25) is 4.34 Å². The van der Waals surface area contributed by atoms with Gasteiger partial charge in [0.1, 0.15) is 0 Å². The highest BCUT2D eigenvalue weighted by molar-refractivity contribution is 7.18. The van der Waals surface area contributed by atoms with Gasteiger partial charge in [0.2, 0.25) is 11.8 Å². The Balaban J connectivity index is 1.34. The highest BCUT2D eigenvalue weighted by atomic mass is 35.5. The van der Waals surface area contributed by atoms with Crippen LogP contribution in [0.4, 0.5) is 0 Å². The van der Waals surface area contributed by atoms with Gasteiger partial charge in [0, 0.05) is 45.6 Å². The summed E-state index contributed by atoms with van der Waals surface area (Å²) >= 11 is 7.09. The number of Topliss-reactive ketones (excluding diaryl/α,β-unsaturated/α-hetero) is 1. The molecule has 1 aromatic heterocycles. The van der Waals surface area contributed by atoms with Crippen LogP contribution < -0.4 is 5.32 Å². The molecule has 2 heterocycles. The maximum Gasteiger partial charge on any atom is 0.234 e. The third kappa shape index (κ3) is 6.66. The van der Waals surface area contributed by atoms with Gasteiger partial charge in [0.25, 0.3) is 0 Å². The maximum absolute atomic E-state index is 12.4. The molecule has 0 spiro atoms. The number of nitrogens with one attached hydrogen (secondary N) is 1. The SMILES string of the molecule is O=C(CN1CCN(C(=O)CCC(=O)c2ccc(Cl)s2)CC1)NCc1ccccc1. The molecule has 0 unspecified atom stereocenters. The van der Waals surface area contributed by atoms with Crippen LogP contribution in [0, 0.1) is 0 Å². The predicted molar refractivity (Wildman–Crippen MR) is 114 cm³/mol. The first-order valence-electron chi connectivity index (χ1n) is 9.60. The average molecular weight is 434 g/mol. The molecule has 1 aliphatic heterocycles. The molecule has 0 bridgehead atoms. The van der Waals surface area contributed by atoms with Crippen LogP contribution >= 0.6 is 22.9 Å². The second kappa shape index (κ2) is 10.5. The highest BCUT2D eigenvalue weighted by Crippen LogP contribution is 2.23. The molecule has 8 heteroatoms. The zero-order chi connectivity index (χ0) is 20.6. The third-order valence-electron chi connectivity index (χ3n) is 4.84. The number of carbonyl (C=O) groups excluding carboxylic acids is 3. The fraction of sp³-hybridized carbons (Fsp3) is 0.381. The summed E-state index contributed by atoms with van der Waals surface area (Å²) in [5.41, 5.74) is 1.07. The van der Waals surface area contributed by atoms with Crippen molar-refractivity contribution in [3.8, 4) is 0 Å². The molecule has 1 fully saturated rings. The van der Waals surface area contributed by atoms with Gasteiger partial charge in [-0.2, -0.15) is 0 Å². The Labute approximate surface area is 179 Å². The Morgan fingerprint density at radius 1 is 0.966 bits per heavy atom. The summed E-state index contributed by atoms with van der Waals surface area (Å²) in [6, 6.07) is 13.2. The van der Waals surface area contributed by atoms with Crippen molar-refractivity contribution < 1.29 is 14.4 Å². The van der Waals surface area contributed by atoms with E-state index in [1.54, 1.807) is 17.0 Å². The van der Waals surface area contributed by atoms with E-state index in [2.05, 4.69) is 5.32 Å². The number of nitrogens with zero attached hydrogens (tertiary/aromatic N) is 2. The van der Waals surface area contributed by atoms with Crippen LogP contribution in [0.25, 0.3) is 0 Å². The molecule has 1 aromatic carbocycles. The molecular formula is C21H24ClN3O3S. The van der Waals surface area contributed by atoms with E-state index in [9.17, 15) is 14.4 Å². The molecule has 1 saturated heterocycles. The molecule has 1 N–H and O–H groups in total. The fourth-order valence-electron chi connectivity index (χ4n) is 3.18. The Bertz CT molecular complexity index is 848. The highest BCUT2D eigenvalue weighted by Gasteiger charge is 2.23. The number of benzene rings is 1. The predicted octanol–water partition coefficient (Wildman–Crippen LogP) is 2.83. The summed E-state index contributed by atoms with van der Waals surface area (Å²) in [4.78, 5) is 41.0. The van der Waals surface area contributed by atoms with Gasteiger partial charge in [-0.05, 0) is 17.7 Å². The van der Waals surface area contributed by atoms with Crippen LogP contribution in [-0.4, -0.2) is 60.1 Å². The number of amides is 2. The number of halogens is 1. The molecule has 29 heavy (non-hydrogen) atoms. The van der Waals surface area contributed by atoms with E-state index >= 15 is 0 Å². The number of ketones is 1. The lowest BCUT2D eigenvalue weighted by Crippen LogP contribution is -2.51. The summed E-state index contributed by atoms with van der Waals surface area (Å²) < 4.78 is 0.573. The number of piperazine rings is 1. The van der Waals surface area contributed by atoms with E-state index in [4.69, 9.17) is 11.6 Å². The first-order valence-corrected chi connectivity index (χ1v) is 10.8. The lowest BCUT2D eigenvalue weighted by atomic mass is 10.1. The van der Waals surface area contributed by atoms with E-state index in [-0.39, 0.29) is 30.4 Å². The van der Waals surface area contributed by atoms with Gasteiger partial charge in [-0.15, -0.1) is 11.3 Å². The van der Waals surface area contributed by atoms with Crippen molar-refractivity contribution in [2.75, 3.05) is 32.7 Å². The van der Waals surface area contributed by atoms with Crippen LogP contribution in [0.3, 0.4) is 0 Å². The van der Waals surface area contributed by atoms with Gasteiger partial charge in [0.15, 0.2) is 5.78 Å². The molecule has 0 radical (unpaired) electrons. The smallest absolute Gasteiger partial charge is 0.234 e. The molecular weight excluding hydrogens is 410 g/mol. The van der Waals surface area contributed by atoms with Crippen LogP contribution in [0.5, 0.6) is 0 Å². The van der Waals surface area contributed by atoms with Gasteiger partial charge in [-0.3, -0.25) is 19.3 Å². The summed E-state index contributed by atoms with van der Waals surface area (Å²) in [5, 5.41) is 2.92. The van der Waals surface area contributed by atoms with E-state index in [0.717, 1.165) is 5.56 Å². The zero-order valence-electron chi connectivity index (χ0n) is 16.1. The van der Waals surface area contributed by atoms with Gasteiger partial charge in [0.05, 0.1) is 15.8 Å². The molecule has 6 nitrogen and oxygen atoms in total. The van der Waals surface area contributed by atoms with Crippen molar-refractivity contribution in [3.63, 3.8) is 0 Å². The molecule has 2 aromatic rings. The molecule has 3 rings (SSSR count). The number of thiophene rings is 1. The summed E-state index contributed by atoms with van der Waals surface area (Å²) in [5.74, 6) is -0.0907. The largest absolute Gasteiger partial charge is 0.351 e. The molecule has 0 atom stereocenters. The monoisotopic (exact) mass is 433 g/mol. The second-order valence-corrected chi connectivity index (χ2v) is 8.66. The summed E-state index contributed by atoms with van der Waals surface area (Å²) in [6.07, 6.45) is 0.393. The van der Waals surface area contributed by atoms with Crippen molar-refractivity contribution in [1.29, 1.82) is 0 Å². The Kier molecular flexibility index (Phi) is 7.80. The van der Waals surface area contributed by atoms with Crippen molar-refractivity contribution in [2.24, 2.45) is 0 Å². The van der Waals surface area contributed by atoms with Gasteiger partial charge in [-0.25, -0.2) is 0 Å². The first kappa shape index (κ1) is 21.5. The van der Waals surface area contributed by atoms with Crippen molar-refractivity contribution in [3.05, 3.63) is 57.2 Å². The molecule has 0 aliphatic carbocycles. The van der Waals surface area contributed by atoms with Crippen LogP contribution in [0.15, 0.2) is 42.5 Å². The fourth-order valence-corrected chi connectivity index (χ4v) is 4.19. The molecule has 0 saturated carbocycles. The average Bonchev–Trinajstić information content (AvgIpc) is 3.18. The minimum Gasteiger partial charge on any atom is -0.351 e. The van der Waals surface area contributed by atoms with E-state index in [0.29, 0.717) is 48.5 Å². The minimum atomic E-state index is -0.0519. The summed E-state index contributed by atoms with van der Waals surface area (Å²) in [7, 11) is 0. The normalized spacial score (nSPS) is 14.6. The lowest BCUT2D eigenvalue weighted by molar-refractivity contribution is -0.133. The number of rotatable bonds is 8. The van der Waals surface area contributed by atoms with Crippen molar-refractivity contribution >= 4 is 40.5 Å². The number of hydrogen-bond acceptors (Lipinski definition) is 5. The van der Waals surface area contributed by atoms with Gasteiger partial charge in [-0.1, -0.05) is 41.9 Å². The van der Waals surface area contributed by atoms with Gasteiger partial charge >= 0.3 is 0 Å². The Hall–Kier alpha value is -2.22. The standard InChI is InChI=1S/C21H24ClN3O3S/c22-19-8-7-18(29-19)17(26)6-9-21(28)25-12-10-24(11-13-25)15-20(27)23-14-16-4-2-1-3-5-16/h1-5,7-8H,6,9-15H2,(H,23,27). The maximum atomic E-state index is 12.4. The van der Waals surface area contributed by atoms with E-state index in [1.807, 2.05) is 35.2 Å². The molecule has 2 amide bonds. The van der Waals surface area contributed by atoms with Crippen molar-refractivity contribution in [2.45, 2.75) is 19.4 Å². The lowest BCUT2D eigenvalue weighted by Gasteiger charge is -2.34. The van der Waals surface area contributed by atoms with Crippen molar-refractivity contribution in [1.82, 2.24) is 15.1 Å². The van der Waals surface area contributed by atoms with Crippen LogP contribution in [-0.2, 0) is 16.1 Å². The Morgan fingerprint density at radius 2 is 1.69 bits per heavy atom. The zero-order valence-corrected chi connectivity index (χ0v) is 17.7. The third-order valence-corrected chi connectivity index (χ3v) is 6.11.